The molecule has 24 heavy (non-hydrogen) atoms. The Bertz CT molecular complexity index is 364. The van der Waals surface area contributed by atoms with Crippen LogP contribution in [0.5, 0.6) is 0 Å². The highest BCUT2D eigenvalue weighted by Gasteiger charge is 2.43. The largest absolute Gasteiger partial charge is 0.394 e. The number of hydrogen-bond donors (Lipinski definition) is 8. The van der Waals surface area contributed by atoms with Gasteiger partial charge in [-0.05, 0) is 12.2 Å². The first-order valence-electron chi connectivity index (χ1n) is 8.47. The molecular weight excluding hydrogens is 336 g/mol. The van der Waals surface area contributed by atoms with Gasteiger partial charge in [0.15, 0.2) is 11.3 Å². The molecule has 1 saturated heterocycles. The maximum atomic E-state index is 9.91. The Kier molecular flexibility index (Phi) is 10.6. The van der Waals surface area contributed by atoms with Gasteiger partial charge in [-0.3, -0.25) is 0 Å². The van der Waals surface area contributed by atoms with Crippen LogP contribution in [-0.4, -0.2) is 89.0 Å². The van der Waals surface area contributed by atoms with Crippen molar-refractivity contribution in [3.05, 3.63) is 0 Å². The zero-order valence-corrected chi connectivity index (χ0v) is 14.7. The lowest BCUT2D eigenvalue weighted by atomic mass is 9.98. The van der Waals surface area contributed by atoms with E-state index in [1.54, 1.807) is 0 Å². The van der Waals surface area contributed by atoms with E-state index in [0.29, 0.717) is 6.54 Å². The zero-order valence-electron chi connectivity index (χ0n) is 13.9. The first-order chi connectivity index (χ1) is 11.5. The molecule has 0 unspecified atom stereocenters. The Morgan fingerprint density at radius 3 is 2.46 bits per heavy atom. The van der Waals surface area contributed by atoms with Crippen LogP contribution in [0.3, 0.4) is 0 Å². The summed E-state index contributed by atoms with van der Waals surface area (Å²) in [4.78, 5) is 0. The molecule has 1 aliphatic heterocycles. The number of aliphatic hydroxyl groups excluding tert-OH is 4. The molecule has 0 aromatic rings. The van der Waals surface area contributed by atoms with Crippen LogP contribution in [0.2, 0.25) is 0 Å². The number of thiocarbonyl (C=S) groups is 1. The predicted octanol–water partition coefficient (Wildman–Crippen LogP) is -4.77. The van der Waals surface area contributed by atoms with Gasteiger partial charge >= 0.3 is 0 Å². The van der Waals surface area contributed by atoms with Crippen molar-refractivity contribution in [1.82, 2.24) is 10.6 Å². The van der Waals surface area contributed by atoms with Crippen molar-refractivity contribution < 1.29 is 36.2 Å². The third kappa shape index (κ3) is 7.11. The normalized spacial score (nSPS) is 30.1. The first kappa shape index (κ1) is 21.5. The summed E-state index contributed by atoms with van der Waals surface area (Å²) in [5.74, 6) is 0. The molecule has 0 radical (unpaired) electrons. The van der Waals surface area contributed by atoms with Gasteiger partial charge in [-0.2, -0.15) is 0 Å². The van der Waals surface area contributed by atoms with Gasteiger partial charge in [0.2, 0.25) is 0 Å². The number of quaternary nitrogens is 2. The summed E-state index contributed by atoms with van der Waals surface area (Å²) < 4.78 is 5.32. The van der Waals surface area contributed by atoms with Crippen LogP contribution >= 0.6 is 12.2 Å². The van der Waals surface area contributed by atoms with Gasteiger partial charge in [0.05, 0.1) is 26.2 Å². The Hall–Kier alpha value is -0.590. The molecule has 5 atom stereocenters. The molecule has 10 heteroatoms. The zero-order chi connectivity index (χ0) is 17.9. The van der Waals surface area contributed by atoms with Gasteiger partial charge in [0, 0.05) is 25.8 Å². The molecule has 142 valence electrons. The molecule has 1 heterocycles. The van der Waals surface area contributed by atoms with E-state index in [2.05, 4.69) is 21.7 Å². The highest BCUT2D eigenvalue weighted by atomic mass is 32.1. The van der Waals surface area contributed by atoms with Crippen molar-refractivity contribution in [2.45, 2.75) is 49.9 Å². The van der Waals surface area contributed by atoms with E-state index in [1.165, 1.54) is 6.42 Å². The van der Waals surface area contributed by atoms with Gasteiger partial charge in [-0.1, -0.05) is 0 Å². The molecule has 0 bridgehead atoms. The van der Waals surface area contributed by atoms with E-state index >= 15 is 0 Å². The van der Waals surface area contributed by atoms with Gasteiger partial charge in [0.1, 0.15) is 24.4 Å². The summed E-state index contributed by atoms with van der Waals surface area (Å²) in [7, 11) is 0. The number of hydrogen-bond acceptors (Lipinski definition) is 6. The highest BCUT2D eigenvalue weighted by Crippen LogP contribution is 2.19. The van der Waals surface area contributed by atoms with E-state index in [1.807, 2.05) is 0 Å². The second kappa shape index (κ2) is 11.9. The van der Waals surface area contributed by atoms with E-state index < -0.39 is 37.3 Å². The van der Waals surface area contributed by atoms with Crippen molar-refractivity contribution in [1.29, 1.82) is 0 Å². The summed E-state index contributed by atoms with van der Waals surface area (Å²) in [6, 6.07) is 0. The molecule has 11 N–H and O–H groups in total. The second-order valence-electron chi connectivity index (χ2n) is 5.93. The summed E-state index contributed by atoms with van der Waals surface area (Å²) >= 11 is 5.13. The van der Waals surface area contributed by atoms with Crippen LogP contribution in [0.1, 0.15) is 19.3 Å². The molecule has 0 aromatic carbocycles. The third-order valence-corrected chi connectivity index (χ3v) is 4.21. The minimum atomic E-state index is -1.41. The lowest BCUT2D eigenvalue weighted by Gasteiger charge is -2.40. The number of unbranched alkanes of at least 4 members (excludes halogenated alkanes) is 1. The second-order valence-corrected chi connectivity index (χ2v) is 6.34. The standard InChI is InChI=1S/C14H30N4O5S/c15-4-1-2-5-16-6-3-7-17-14(24)18-13-12(22)11(21)10(20)9(8-19)23-13/h9-13,16,19-22H,1-8,15H2,(H2,17,18,24)/p+2/t9-,10+,11+,12-,13-/m1/s1. The molecule has 0 saturated carbocycles. The van der Waals surface area contributed by atoms with Gasteiger partial charge in [-0.25, -0.2) is 0 Å². The fraction of sp³-hybridized carbons (Fsp3) is 0.929. The molecule has 1 aliphatic rings. The molecule has 1 rings (SSSR count). The fourth-order valence-electron chi connectivity index (χ4n) is 2.46. The number of aliphatic hydroxyl groups is 4. The predicted molar refractivity (Wildman–Crippen MR) is 90.8 cm³/mol. The first-order valence-corrected chi connectivity index (χ1v) is 8.87. The van der Waals surface area contributed by atoms with Crippen LogP contribution in [-0.2, 0) is 4.74 Å². The third-order valence-electron chi connectivity index (χ3n) is 3.94. The van der Waals surface area contributed by atoms with Crippen molar-refractivity contribution in [3.63, 3.8) is 0 Å². The summed E-state index contributed by atoms with van der Waals surface area (Å²) in [6.45, 7) is 3.28. The molecular formula is C14H32N4O5S+2. The fourth-order valence-corrected chi connectivity index (χ4v) is 2.68. The van der Waals surface area contributed by atoms with Crippen molar-refractivity contribution in [2.24, 2.45) is 0 Å². The Morgan fingerprint density at radius 2 is 1.79 bits per heavy atom. The average molecular weight is 369 g/mol. The number of nitrogens with two attached hydrogens (primary N) is 1. The van der Waals surface area contributed by atoms with Crippen LogP contribution in [0.15, 0.2) is 0 Å². The monoisotopic (exact) mass is 368 g/mol. The van der Waals surface area contributed by atoms with E-state index in [4.69, 9.17) is 22.1 Å². The minimum absolute atomic E-state index is 0.288. The number of ether oxygens (including phenoxy) is 1. The molecule has 1 fully saturated rings. The minimum Gasteiger partial charge on any atom is -0.394 e. The molecule has 0 aliphatic carbocycles. The number of nitrogens with one attached hydrogen (secondary N) is 2. The van der Waals surface area contributed by atoms with Crippen LogP contribution in [0, 0.1) is 0 Å². The SMILES string of the molecule is [NH3+]CCCC[NH2+]CCCNC(=S)N[C@@H]1O[C@H](CO)[C@H](O)[C@H](O)[C@H]1O. The van der Waals surface area contributed by atoms with Gasteiger partial charge < -0.3 is 46.8 Å². The van der Waals surface area contributed by atoms with Crippen LogP contribution < -0.4 is 21.7 Å². The molecule has 0 spiro atoms. The Labute approximate surface area is 147 Å². The smallest absolute Gasteiger partial charge is 0.168 e. The Balaban J connectivity index is 2.20. The average Bonchev–Trinajstić information content (AvgIpc) is 2.57. The van der Waals surface area contributed by atoms with Crippen molar-refractivity contribution >= 4 is 17.3 Å². The van der Waals surface area contributed by atoms with E-state index in [-0.39, 0.29) is 5.11 Å². The van der Waals surface area contributed by atoms with Crippen molar-refractivity contribution in [3.8, 4) is 0 Å². The van der Waals surface area contributed by atoms with Gasteiger partial charge in [-0.15, -0.1) is 0 Å². The maximum absolute atomic E-state index is 9.91. The van der Waals surface area contributed by atoms with E-state index in [9.17, 15) is 15.3 Å². The highest BCUT2D eigenvalue weighted by molar-refractivity contribution is 7.80. The molecule has 0 aromatic heterocycles. The summed E-state index contributed by atoms with van der Waals surface area (Å²) in [6.07, 6.45) is -2.81. The topological polar surface area (TPSA) is 158 Å². The van der Waals surface area contributed by atoms with Crippen LogP contribution in [0.4, 0.5) is 0 Å². The summed E-state index contributed by atoms with van der Waals surface area (Å²) in [5, 5.41) is 46.8. The molecule has 0 amide bonds. The number of rotatable bonds is 10. The lowest BCUT2D eigenvalue weighted by Crippen LogP contribution is -2.84. The van der Waals surface area contributed by atoms with Gasteiger partial charge in [0.25, 0.3) is 0 Å². The maximum Gasteiger partial charge on any atom is 0.168 e. The van der Waals surface area contributed by atoms with Crippen molar-refractivity contribution in [2.75, 3.05) is 32.8 Å². The van der Waals surface area contributed by atoms with E-state index in [0.717, 1.165) is 32.5 Å². The Morgan fingerprint density at radius 1 is 1.08 bits per heavy atom. The lowest BCUT2D eigenvalue weighted by molar-refractivity contribution is -0.655. The quantitative estimate of drug-likeness (QED) is 0.141. The van der Waals surface area contributed by atoms with Crippen LogP contribution in [0.25, 0.3) is 0 Å². The summed E-state index contributed by atoms with van der Waals surface area (Å²) in [5.41, 5.74) is 3.81. The molecule has 9 nitrogen and oxygen atoms in total.